The Morgan fingerprint density at radius 1 is 0.909 bits per heavy atom. The Morgan fingerprint density at radius 2 is 1.33 bits per heavy atom. The lowest BCUT2D eigenvalue weighted by Crippen LogP contribution is -2.48. The molecule has 0 spiro atoms. The first-order chi connectivity index (χ1) is 14.4. The number of sulfone groups is 1. The normalized spacial score (nSPS) is 17.5. The van der Waals surface area contributed by atoms with E-state index in [2.05, 4.69) is 40.4 Å². The Morgan fingerprint density at radius 3 is 1.67 bits per heavy atom. The van der Waals surface area contributed by atoms with Gasteiger partial charge in [0, 0.05) is 19.1 Å². The van der Waals surface area contributed by atoms with Crippen LogP contribution in [-0.2, 0) is 18.7 Å². The number of hydrogen-bond donors (Lipinski definition) is 1. The van der Waals surface area contributed by atoms with Gasteiger partial charge in [0.25, 0.3) is 9.84 Å². The standard InChI is InChI=1S/C22H45F3O5SSi2/c1-12-17(29-32(8,9)20(2,3)4)15-18(30-33(10,11)21(5,6)7)16-19(13-14-26)31(27,28)22(23,24)25/h12,17-19,26H,1,13-16H2,2-11H3. The van der Waals surface area contributed by atoms with Crippen molar-refractivity contribution in [2.75, 3.05) is 6.61 Å². The molecule has 0 aromatic rings. The zero-order chi connectivity index (χ0) is 26.7. The lowest BCUT2D eigenvalue weighted by Gasteiger charge is -2.42. The van der Waals surface area contributed by atoms with Crippen molar-refractivity contribution in [2.24, 2.45) is 0 Å². The zero-order valence-electron chi connectivity index (χ0n) is 22.0. The minimum absolute atomic E-state index is 0.0942. The molecule has 0 aromatic carbocycles. The quantitative estimate of drug-likeness (QED) is 0.231. The first kappa shape index (κ1) is 32.8. The predicted molar refractivity (Wildman–Crippen MR) is 134 cm³/mol. The molecule has 0 aromatic heterocycles. The first-order valence-corrected chi connectivity index (χ1v) is 18.7. The molecule has 0 aliphatic carbocycles. The highest BCUT2D eigenvalue weighted by molar-refractivity contribution is 7.92. The Bertz CT molecular complexity index is 739. The van der Waals surface area contributed by atoms with Gasteiger partial charge in [0.15, 0.2) is 16.6 Å². The van der Waals surface area contributed by atoms with Crippen LogP contribution >= 0.6 is 0 Å². The summed E-state index contributed by atoms with van der Waals surface area (Å²) in [7, 11) is -10.2. The van der Waals surface area contributed by atoms with Gasteiger partial charge >= 0.3 is 5.51 Å². The maximum Gasteiger partial charge on any atom is 0.497 e. The van der Waals surface area contributed by atoms with E-state index in [4.69, 9.17) is 8.85 Å². The molecule has 0 saturated heterocycles. The summed E-state index contributed by atoms with van der Waals surface area (Å²) >= 11 is 0. The van der Waals surface area contributed by atoms with Crippen LogP contribution in [0.3, 0.4) is 0 Å². The van der Waals surface area contributed by atoms with Crippen molar-refractivity contribution in [1.82, 2.24) is 0 Å². The van der Waals surface area contributed by atoms with Crippen LogP contribution in [0, 0.1) is 0 Å². The molecule has 33 heavy (non-hydrogen) atoms. The maximum absolute atomic E-state index is 13.3. The summed E-state index contributed by atoms with van der Waals surface area (Å²) in [6.07, 6.45) is -0.378. The molecule has 0 heterocycles. The second-order valence-corrected chi connectivity index (χ2v) is 23.5. The van der Waals surface area contributed by atoms with E-state index in [9.17, 15) is 26.7 Å². The van der Waals surface area contributed by atoms with E-state index in [1.807, 2.05) is 33.9 Å². The molecular formula is C22H45F3O5SSi2. The van der Waals surface area contributed by atoms with Crippen LogP contribution in [0.15, 0.2) is 12.7 Å². The van der Waals surface area contributed by atoms with E-state index >= 15 is 0 Å². The lowest BCUT2D eigenvalue weighted by atomic mass is 10.1. The second-order valence-electron chi connectivity index (χ2n) is 11.7. The molecule has 11 heteroatoms. The second kappa shape index (κ2) is 11.2. The highest BCUT2D eigenvalue weighted by atomic mass is 32.2. The third-order valence-corrected chi connectivity index (χ3v) is 18.0. The van der Waals surface area contributed by atoms with Gasteiger partial charge in [-0.15, -0.1) is 6.58 Å². The number of halogens is 3. The summed E-state index contributed by atoms with van der Waals surface area (Å²) in [5, 5.41) is 7.19. The van der Waals surface area contributed by atoms with E-state index in [0.29, 0.717) is 0 Å². The van der Waals surface area contributed by atoms with Crippen LogP contribution < -0.4 is 0 Å². The van der Waals surface area contributed by atoms with Gasteiger partial charge < -0.3 is 14.0 Å². The molecule has 0 fully saturated rings. The largest absolute Gasteiger partial charge is 0.497 e. The third kappa shape index (κ3) is 9.07. The molecule has 0 rings (SSSR count). The summed E-state index contributed by atoms with van der Waals surface area (Å²) in [6.45, 7) is 23.5. The van der Waals surface area contributed by atoms with Gasteiger partial charge in [0.1, 0.15) is 0 Å². The molecule has 3 atom stereocenters. The van der Waals surface area contributed by atoms with Crippen molar-refractivity contribution >= 4 is 26.5 Å². The molecule has 0 radical (unpaired) electrons. The summed E-state index contributed by atoms with van der Waals surface area (Å²) < 4.78 is 77.3. The van der Waals surface area contributed by atoms with Crippen LogP contribution in [0.25, 0.3) is 0 Å². The maximum atomic E-state index is 13.3. The monoisotopic (exact) mass is 534 g/mol. The first-order valence-electron chi connectivity index (χ1n) is 11.3. The van der Waals surface area contributed by atoms with Crippen molar-refractivity contribution in [1.29, 1.82) is 0 Å². The van der Waals surface area contributed by atoms with E-state index < -0.39 is 62.5 Å². The van der Waals surface area contributed by atoms with Gasteiger partial charge in [0.05, 0.1) is 11.4 Å². The van der Waals surface area contributed by atoms with Crippen molar-refractivity contribution in [3.05, 3.63) is 12.7 Å². The third-order valence-electron chi connectivity index (χ3n) is 7.02. The average Bonchev–Trinajstić information content (AvgIpc) is 2.57. The van der Waals surface area contributed by atoms with Gasteiger partial charge in [-0.05, 0) is 49.1 Å². The summed E-state index contributed by atoms with van der Waals surface area (Å²) in [5.74, 6) is 0. The molecule has 0 bridgehead atoms. The number of hydrogen-bond acceptors (Lipinski definition) is 5. The van der Waals surface area contributed by atoms with Crippen molar-refractivity contribution < 1.29 is 35.5 Å². The molecule has 3 unspecified atom stereocenters. The molecular weight excluding hydrogens is 489 g/mol. The van der Waals surface area contributed by atoms with Crippen molar-refractivity contribution in [2.45, 2.75) is 120 Å². The molecule has 0 amide bonds. The number of aliphatic hydroxyl groups is 1. The average molecular weight is 535 g/mol. The molecule has 0 aliphatic rings. The van der Waals surface area contributed by atoms with Gasteiger partial charge in [0.2, 0.25) is 0 Å². The fraction of sp³-hybridized carbons (Fsp3) is 0.909. The van der Waals surface area contributed by atoms with Gasteiger partial charge in [-0.25, -0.2) is 8.42 Å². The van der Waals surface area contributed by atoms with Crippen LogP contribution in [0.2, 0.25) is 36.3 Å². The van der Waals surface area contributed by atoms with Crippen LogP contribution in [0.4, 0.5) is 13.2 Å². The van der Waals surface area contributed by atoms with Gasteiger partial charge in [-0.2, -0.15) is 13.2 Å². The van der Waals surface area contributed by atoms with Crippen LogP contribution in [-0.4, -0.2) is 59.7 Å². The molecule has 0 aliphatic heterocycles. The Hall–Kier alpha value is -0.206. The summed E-state index contributed by atoms with van der Waals surface area (Å²) in [6, 6.07) is 0. The van der Waals surface area contributed by atoms with Crippen molar-refractivity contribution in [3.63, 3.8) is 0 Å². The minimum Gasteiger partial charge on any atom is -0.414 e. The lowest BCUT2D eigenvalue weighted by molar-refractivity contribution is -0.0450. The van der Waals surface area contributed by atoms with Crippen molar-refractivity contribution in [3.8, 4) is 0 Å². The Kier molecular flexibility index (Phi) is 11.2. The minimum atomic E-state index is -5.47. The van der Waals surface area contributed by atoms with E-state index in [-0.39, 0.29) is 22.9 Å². The SMILES string of the molecule is C=CC(CC(CC(CCO)S(=O)(=O)C(F)(F)F)O[Si](C)(C)C(C)(C)C)O[Si](C)(C)C(C)(C)C. The number of alkyl halides is 3. The van der Waals surface area contributed by atoms with E-state index in [1.54, 1.807) is 6.08 Å². The molecule has 5 nitrogen and oxygen atoms in total. The highest BCUT2D eigenvalue weighted by Gasteiger charge is 2.51. The molecule has 1 N–H and O–H groups in total. The highest BCUT2D eigenvalue weighted by Crippen LogP contribution is 2.41. The fourth-order valence-corrected chi connectivity index (χ4v) is 6.76. The van der Waals surface area contributed by atoms with Crippen LogP contribution in [0.1, 0.15) is 60.8 Å². The zero-order valence-corrected chi connectivity index (χ0v) is 24.8. The predicted octanol–water partition coefficient (Wildman–Crippen LogP) is 6.42. The van der Waals surface area contributed by atoms with E-state index in [0.717, 1.165) is 0 Å². The summed E-state index contributed by atoms with van der Waals surface area (Å²) in [4.78, 5) is 0. The smallest absolute Gasteiger partial charge is 0.414 e. The molecule has 198 valence electrons. The Labute approximate surface area is 201 Å². The summed E-state index contributed by atoms with van der Waals surface area (Å²) in [5.41, 5.74) is -5.40. The number of aliphatic hydroxyl groups excluding tert-OH is 1. The van der Waals surface area contributed by atoms with E-state index in [1.165, 1.54) is 0 Å². The Balaban J connectivity index is 6.16. The molecule has 0 saturated carbocycles. The number of rotatable bonds is 12. The van der Waals surface area contributed by atoms with Gasteiger partial charge in [-0.3, -0.25) is 0 Å². The van der Waals surface area contributed by atoms with Gasteiger partial charge in [-0.1, -0.05) is 47.6 Å². The fourth-order valence-electron chi connectivity index (χ4n) is 2.82. The topological polar surface area (TPSA) is 72.8 Å². The van der Waals surface area contributed by atoms with Crippen LogP contribution in [0.5, 0.6) is 0 Å².